The molecule has 0 aliphatic carbocycles. The van der Waals surface area contributed by atoms with Gasteiger partial charge in [0.1, 0.15) is 0 Å². The normalized spacial score (nSPS) is 13.6. The molecule has 0 aliphatic heterocycles. The van der Waals surface area contributed by atoms with E-state index in [-0.39, 0.29) is 10.7 Å². The van der Waals surface area contributed by atoms with Crippen molar-refractivity contribution in [2.45, 2.75) is 18.0 Å². The van der Waals surface area contributed by atoms with E-state index in [1.165, 1.54) is 12.3 Å². The van der Waals surface area contributed by atoms with Crippen LogP contribution in [0, 0.1) is 0 Å². The third kappa shape index (κ3) is 2.60. The molecular formula is C12H13N5O3S. The Kier molecular flexibility index (Phi) is 3.15. The molecule has 3 rings (SSSR count). The van der Waals surface area contributed by atoms with Crippen LogP contribution in [0.2, 0.25) is 0 Å². The molecule has 110 valence electrons. The van der Waals surface area contributed by atoms with Crippen LogP contribution in [0.15, 0.2) is 40.3 Å². The molecule has 0 bridgehead atoms. The quantitative estimate of drug-likeness (QED) is 0.564. The number of benzene rings is 1. The van der Waals surface area contributed by atoms with Gasteiger partial charge in [0.2, 0.25) is 0 Å². The van der Waals surface area contributed by atoms with E-state index in [0.29, 0.717) is 11.0 Å². The third-order valence-electron chi connectivity index (χ3n) is 3.14. The Morgan fingerprint density at radius 3 is 2.67 bits per heavy atom. The first-order valence-corrected chi connectivity index (χ1v) is 7.68. The number of imidazole rings is 1. The van der Waals surface area contributed by atoms with Crippen molar-refractivity contribution in [3.05, 3.63) is 46.5 Å². The molecule has 0 amide bonds. The van der Waals surface area contributed by atoms with Gasteiger partial charge in [-0.05, 0) is 30.7 Å². The van der Waals surface area contributed by atoms with E-state index in [4.69, 9.17) is 0 Å². The van der Waals surface area contributed by atoms with Crippen LogP contribution >= 0.6 is 0 Å². The number of hydrogen-bond acceptors (Lipinski definition) is 4. The van der Waals surface area contributed by atoms with Crippen LogP contribution in [0.3, 0.4) is 0 Å². The van der Waals surface area contributed by atoms with Crippen molar-refractivity contribution < 1.29 is 8.42 Å². The molecule has 3 aromatic rings. The molecule has 0 aliphatic rings. The summed E-state index contributed by atoms with van der Waals surface area (Å²) in [5, 5.41) is 6.04. The lowest BCUT2D eigenvalue weighted by Gasteiger charge is -2.13. The Hall–Kier alpha value is -2.39. The third-order valence-corrected chi connectivity index (χ3v) is 4.61. The molecule has 9 heteroatoms. The van der Waals surface area contributed by atoms with Crippen molar-refractivity contribution in [2.24, 2.45) is 0 Å². The number of aromatic amines is 3. The molecule has 21 heavy (non-hydrogen) atoms. The van der Waals surface area contributed by atoms with Crippen molar-refractivity contribution in [2.75, 3.05) is 0 Å². The number of hydrogen-bond donors (Lipinski definition) is 4. The van der Waals surface area contributed by atoms with E-state index in [1.54, 1.807) is 25.1 Å². The predicted octanol–water partition coefficient (Wildman–Crippen LogP) is 0.619. The fraction of sp³-hybridized carbons (Fsp3) is 0.167. The van der Waals surface area contributed by atoms with Gasteiger partial charge in [0.05, 0.1) is 17.2 Å². The fourth-order valence-electron chi connectivity index (χ4n) is 2.08. The number of nitrogens with zero attached hydrogens (tertiary/aromatic N) is 1. The molecule has 8 nitrogen and oxygen atoms in total. The monoisotopic (exact) mass is 307 g/mol. The largest absolute Gasteiger partial charge is 0.323 e. The van der Waals surface area contributed by atoms with Gasteiger partial charge in [-0.3, -0.25) is 5.10 Å². The molecule has 0 fully saturated rings. The van der Waals surface area contributed by atoms with Crippen LogP contribution in [0.4, 0.5) is 0 Å². The van der Waals surface area contributed by atoms with E-state index in [0.717, 1.165) is 5.56 Å². The Bertz CT molecular complexity index is 923. The number of fused-ring (bicyclic) bond motifs is 1. The SMILES string of the molecule is CC(NS(=O)(=O)c1ccn[nH]1)c1ccc2[nH]c(=O)[nH]c2c1. The second-order valence-electron chi connectivity index (χ2n) is 4.65. The van der Waals surface area contributed by atoms with Gasteiger partial charge in [-0.25, -0.2) is 17.9 Å². The minimum Gasteiger partial charge on any atom is -0.306 e. The Morgan fingerprint density at radius 2 is 1.95 bits per heavy atom. The number of aromatic nitrogens is 4. The molecule has 0 radical (unpaired) electrons. The van der Waals surface area contributed by atoms with Crippen molar-refractivity contribution in [1.29, 1.82) is 0 Å². The topological polar surface area (TPSA) is 123 Å². The number of nitrogens with one attached hydrogen (secondary N) is 4. The summed E-state index contributed by atoms with van der Waals surface area (Å²) in [7, 11) is -3.66. The molecule has 0 saturated heterocycles. The number of H-pyrrole nitrogens is 3. The molecule has 1 atom stereocenters. The van der Waals surface area contributed by atoms with Gasteiger partial charge in [0.15, 0.2) is 5.03 Å². The maximum atomic E-state index is 12.1. The van der Waals surface area contributed by atoms with Crippen molar-refractivity contribution in [3.63, 3.8) is 0 Å². The standard InChI is InChI=1S/C12H13N5O3S/c1-7(17-21(19,20)11-4-5-13-16-11)8-2-3-9-10(6-8)15-12(18)14-9/h2-7,17H,1H3,(H,13,16)(H2,14,15,18). The zero-order valence-corrected chi connectivity index (χ0v) is 11.9. The lowest BCUT2D eigenvalue weighted by Crippen LogP contribution is -2.27. The van der Waals surface area contributed by atoms with Gasteiger partial charge in [-0.1, -0.05) is 6.07 Å². The van der Waals surface area contributed by atoms with Crippen LogP contribution < -0.4 is 10.4 Å². The summed E-state index contributed by atoms with van der Waals surface area (Å²) in [4.78, 5) is 16.5. The zero-order valence-electron chi connectivity index (χ0n) is 11.0. The van der Waals surface area contributed by atoms with Gasteiger partial charge in [-0.15, -0.1) is 0 Å². The molecule has 1 unspecified atom stereocenters. The van der Waals surface area contributed by atoms with Gasteiger partial charge in [0.25, 0.3) is 10.0 Å². The molecule has 4 N–H and O–H groups in total. The van der Waals surface area contributed by atoms with Gasteiger partial charge in [0, 0.05) is 6.04 Å². The summed E-state index contributed by atoms with van der Waals surface area (Å²) in [6.45, 7) is 1.72. The Labute approximate surface area is 119 Å². The molecule has 2 aromatic heterocycles. The summed E-state index contributed by atoms with van der Waals surface area (Å²) in [6.07, 6.45) is 1.37. The van der Waals surface area contributed by atoms with Crippen molar-refractivity contribution in [3.8, 4) is 0 Å². The van der Waals surface area contributed by atoms with Crippen LogP contribution in [0.5, 0.6) is 0 Å². The average Bonchev–Trinajstić information content (AvgIpc) is 3.05. The highest BCUT2D eigenvalue weighted by Crippen LogP contribution is 2.19. The van der Waals surface area contributed by atoms with Crippen molar-refractivity contribution >= 4 is 21.1 Å². The smallest absolute Gasteiger partial charge is 0.306 e. The van der Waals surface area contributed by atoms with E-state index in [2.05, 4.69) is 24.9 Å². The lowest BCUT2D eigenvalue weighted by atomic mass is 10.1. The summed E-state index contributed by atoms with van der Waals surface area (Å²) in [5.41, 5.74) is 1.74. The zero-order chi connectivity index (χ0) is 15.0. The average molecular weight is 307 g/mol. The molecule has 2 heterocycles. The summed E-state index contributed by atoms with van der Waals surface area (Å²) in [5.74, 6) is 0. The maximum absolute atomic E-state index is 12.1. The van der Waals surface area contributed by atoms with Crippen LogP contribution in [-0.2, 0) is 10.0 Å². The first-order chi connectivity index (χ1) is 9.95. The first-order valence-electron chi connectivity index (χ1n) is 6.19. The van der Waals surface area contributed by atoms with Crippen LogP contribution in [0.1, 0.15) is 18.5 Å². The second kappa shape index (κ2) is 4.86. The second-order valence-corrected chi connectivity index (χ2v) is 6.33. The summed E-state index contributed by atoms with van der Waals surface area (Å²) >= 11 is 0. The van der Waals surface area contributed by atoms with Gasteiger partial charge in [-0.2, -0.15) is 5.10 Å². The highest BCUT2D eigenvalue weighted by Gasteiger charge is 2.19. The van der Waals surface area contributed by atoms with Crippen LogP contribution in [-0.4, -0.2) is 28.6 Å². The highest BCUT2D eigenvalue weighted by atomic mass is 32.2. The molecule has 0 saturated carbocycles. The highest BCUT2D eigenvalue weighted by molar-refractivity contribution is 7.89. The minimum atomic E-state index is -3.66. The number of sulfonamides is 1. The fourth-order valence-corrected chi connectivity index (χ4v) is 3.22. The predicted molar refractivity (Wildman–Crippen MR) is 76.2 cm³/mol. The molecular weight excluding hydrogens is 294 g/mol. The lowest BCUT2D eigenvalue weighted by molar-refractivity contribution is 0.563. The van der Waals surface area contributed by atoms with Crippen molar-refractivity contribution in [1.82, 2.24) is 24.9 Å². The van der Waals surface area contributed by atoms with E-state index < -0.39 is 16.1 Å². The van der Waals surface area contributed by atoms with E-state index >= 15 is 0 Å². The minimum absolute atomic E-state index is 0.00507. The summed E-state index contributed by atoms with van der Waals surface area (Å²) in [6, 6.07) is 6.13. The molecule has 1 aromatic carbocycles. The first kappa shape index (κ1) is 13.6. The van der Waals surface area contributed by atoms with E-state index in [1.807, 2.05) is 0 Å². The van der Waals surface area contributed by atoms with Gasteiger partial charge >= 0.3 is 5.69 Å². The van der Waals surface area contributed by atoms with Crippen LogP contribution in [0.25, 0.3) is 11.0 Å². The number of rotatable bonds is 4. The Morgan fingerprint density at radius 1 is 1.19 bits per heavy atom. The van der Waals surface area contributed by atoms with E-state index in [9.17, 15) is 13.2 Å². The van der Waals surface area contributed by atoms with Gasteiger partial charge < -0.3 is 9.97 Å². The maximum Gasteiger partial charge on any atom is 0.323 e. The summed E-state index contributed by atoms with van der Waals surface area (Å²) < 4.78 is 26.7. The Balaban J connectivity index is 1.90. The molecule has 0 spiro atoms.